The summed E-state index contributed by atoms with van der Waals surface area (Å²) in [6, 6.07) is 0.359. The molecule has 0 aliphatic carbocycles. The monoisotopic (exact) mass is 186 g/mol. The van der Waals surface area contributed by atoms with Crippen molar-refractivity contribution in [2.45, 2.75) is 32.7 Å². The fraction of sp³-hybridized carbons (Fsp3) is 0.900. The van der Waals surface area contributed by atoms with E-state index in [1.54, 1.807) is 11.8 Å². The zero-order valence-corrected chi connectivity index (χ0v) is 9.50. The molecular formula is C10H22N2O. The molecule has 0 saturated carbocycles. The van der Waals surface area contributed by atoms with Crippen molar-refractivity contribution in [1.82, 2.24) is 9.80 Å². The average Bonchev–Trinajstić information content (AvgIpc) is 2.02. The largest absolute Gasteiger partial charge is 0.343 e. The predicted molar refractivity (Wildman–Crippen MR) is 55.7 cm³/mol. The highest BCUT2D eigenvalue weighted by molar-refractivity contribution is 5.73. The molecular weight excluding hydrogens is 164 g/mol. The lowest BCUT2D eigenvalue weighted by Crippen LogP contribution is -2.33. The number of hydrogen-bond donors (Lipinski definition) is 0. The molecule has 0 radical (unpaired) electrons. The molecule has 0 spiro atoms. The fourth-order valence-electron chi connectivity index (χ4n) is 1.21. The van der Waals surface area contributed by atoms with E-state index < -0.39 is 0 Å². The van der Waals surface area contributed by atoms with Crippen LogP contribution in [0.5, 0.6) is 0 Å². The molecule has 0 rings (SSSR count). The van der Waals surface area contributed by atoms with Gasteiger partial charge in [-0.15, -0.1) is 0 Å². The molecule has 0 saturated heterocycles. The molecule has 0 aromatic heterocycles. The summed E-state index contributed by atoms with van der Waals surface area (Å²) in [5, 5.41) is 0. The minimum Gasteiger partial charge on any atom is -0.343 e. The highest BCUT2D eigenvalue weighted by Crippen LogP contribution is 2.04. The van der Waals surface area contributed by atoms with Gasteiger partial charge in [0.15, 0.2) is 0 Å². The summed E-state index contributed by atoms with van der Waals surface area (Å²) in [4.78, 5) is 15.0. The van der Waals surface area contributed by atoms with E-state index in [-0.39, 0.29) is 5.91 Å². The van der Waals surface area contributed by atoms with Gasteiger partial charge in [-0.05, 0) is 40.4 Å². The van der Waals surface area contributed by atoms with Crippen LogP contribution in [0.3, 0.4) is 0 Å². The molecule has 1 amide bonds. The van der Waals surface area contributed by atoms with Gasteiger partial charge in [0.25, 0.3) is 0 Å². The molecule has 0 aromatic rings. The van der Waals surface area contributed by atoms with Gasteiger partial charge in [0.1, 0.15) is 0 Å². The highest BCUT2D eigenvalue weighted by atomic mass is 16.2. The number of hydrogen-bond acceptors (Lipinski definition) is 2. The van der Waals surface area contributed by atoms with Crippen LogP contribution in [-0.2, 0) is 4.79 Å². The number of nitrogens with zero attached hydrogens (tertiary/aromatic N) is 2. The zero-order valence-electron chi connectivity index (χ0n) is 9.50. The molecule has 13 heavy (non-hydrogen) atoms. The first-order valence-electron chi connectivity index (χ1n) is 4.83. The molecule has 0 heterocycles. The second-order valence-corrected chi connectivity index (χ2v) is 3.92. The lowest BCUT2D eigenvalue weighted by atomic mass is 10.1. The Kier molecular flexibility index (Phi) is 5.71. The Bertz CT molecular complexity index is 157. The molecule has 0 fully saturated rings. The van der Waals surface area contributed by atoms with Gasteiger partial charge >= 0.3 is 0 Å². The van der Waals surface area contributed by atoms with Crippen LogP contribution in [-0.4, -0.2) is 49.4 Å². The molecule has 1 unspecified atom stereocenters. The maximum atomic E-state index is 11.0. The van der Waals surface area contributed by atoms with Crippen molar-refractivity contribution in [2.24, 2.45) is 0 Å². The molecule has 0 aliphatic rings. The van der Waals surface area contributed by atoms with Crippen molar-refractivity contribution in [3.8, 4) is 0 Å². The van der Waals surface area contributed by atoms with Gasteiger partial charge in [-0.2, -0.15) is 0 Å². The molecule has 0 bridgehead atoms. The summed E-state index contributed by atoms with van der Waals surface area (Å²) in [5.41, 5.74) is 0. The molecule has 3 nitrogen and oxygen atoms in total. The van der Waals surface area contributed by atoms with Gasteiger partial charge in [0.05, 0.1) is 0 Å². The quantitative estimate of drug-likeness (QED) is 0.644. The van der Waals surface area contributed by atoms with Gasteiger partial charge in [-0.1, -0.05) is 0 Å². The lowest BCUT2D eigenvalue weighted by Gasteiger charge is -2.24. The van der Waals surface area contributed by atoms with Crippen LogP contribution in [0.1, 0.15) is 26.7 Å². The van der Waals surface area contributed by atoms with Crippen molar-refractivity contribution < 1.29 is 4.79 Å². The van der Waals surface area contributed by atoms with Crippen molar-refractivity contribution in [3.05, 3.63) is 0 Å². The Labute approximate surface area is 81.7 Å². The maximum absolute atomic E-state index is 11.0. The van der Waals surface area contributed by atoms with Crippen LogP contribution < -0.4 is 0 Å². The zero-order chi connectivity index (χ0) is 10.4. The minimum atomic E-state index is 0.150. The fourth-order valence-corrected chi connectivity index (χ4v) is 1.21. The van der Waals surface area contributed by atoms with Gasteiger partial charge in [0, 0.05) is 20.0 Å². The topological polar surface area (TPSA) is 23.6 Å². The number of carbonyl (C=O) groups excluding carboxylic acids is 1. The van der Waals surface area contributed by atoms with E-state index in [0.717, 1.165) is 19.4 Å². The van der Waals surface area contributed by atoms with Crippen LogP contribution in [0.2, 0.25) is 0 Å². The number of amides is 1. The Hall–Kier alpha value is -0.570. The summed E-state index contributed by atoms with van der Waals surface area (Å²) in [5.74, 6) is 0.150. The Balaban J connectivity index is 3.61. The molecule has 3 heteroatoms. The third-order valence-electron chi connectivity index (χ3n) is 2.39. The van der Waals surface area contributed by atoms with Crippen LogP contribution in [0.25, 0.3) is 0 Å². The Morgan fingerprint density at radius 2 is 1.85 bits per heavy atom. The third-order valence-corrected chi connectivity index (χ3v) is 2.39. The number of carbonyl (C=O) groups is 1. The average molecular weight is 186 g/mol. The van der Waals surface area contributed by atoms with E-state index in [4.69, 9.17) is 0 Å². The second-order valence-electron chi connectivity index (χ2n) is 3.92. The highest BCUT2D eigenvalue weighted by Gasteiger charge is 2.10. The summed E-state index contributed by atoms with van der Waals surface area (Å²) < 4.78 is 0. The van der Waals surface area contributed by atoms with E-state index in [1.807, 2.05) is 7.05 Å². The third kappa shape index (κ3) is 5.64. The molecule has 0 aromatic carbocycles. The first kappa shape index (κ1) is 12.4. The smallest absolute Gasteiger partial charge is 0.219 e. The number of rotatable bonds is 5. The first-order valence-corrected chi connectivity index (χ1v) is 4.83. The Morgan fingerprint density at radius 3 is 2.23 bits per heavy atom. The molecule has 78 valence electrons. The summed E-state index contributed by atoms with van der Waals surface area (Å²) >= 11 is 0. The SMILES string of the molecule is CC(=O)N(C)C(C)CCCN(C)C. The van der Waals surface area contributed by atoms with Crippen LogP contribution in [0.15, 0.2) is 0 Å². The van der Waals surface area contributed by atoms with E-state index in [1.165, 1.54) is 0 Å². The Morgan fingerprint density at radius 1 is 1.31 bits per heavy atom. The second kappa shape index (κ2) is 5.97. The van der Waals surface area contributed by atoms with Crippen molar-refractivity contribution in [3.63, 3.8) is 0 Å². The van der Waals surface area contributed by atoms with Crippen LogP contribution >= 0.6 is 0 Å². The minimum absolute atomic E-state index is 0.150. The van der Waals surface area contributed by atoms with E-state index in [2.05, 4.69) is 25.9 Å². The van der Waals surface area contributed by atoms with Gasteiger partial charge in [0.2, 0.25) is 5.91 Å². The summed E-state index contributed by atoms with van der Waals surface area (Å²) in [6.45, 7) is 4.80. The maximum Gasteiger partial charge on any atom is 0.219 e. The van der Waals surface area contributed by atoms with E-state index in [0.29, 0.717) is 6.04 Å². The lowest BCUT2D eigenvalue weighted by molar-refractivity contribution is -0.129. The summed E-state index contributed by atoms with van der Waals surface area (Å²) in [7, 11) is 6.00. The van der Waals surface area contributed by atoms with Crippen LogP contribution in [0, 0.1) is 0 Å². The predicted octanol–water partition coefficient (Wildman–Crippen LogP) is 1.19. The molecule has 1 atom stereocenters. The van der Waals surface area contributed by atoms with Gasteiger partial charge in [-0.3, -0.25) is 4.79 Å². The normalized spacial score (nSPS) is 13.1. The van der Waals surface area contributed by atoms with E-state index in [9.17, 15) is 4.79 Å². The van der Waals surface area contributed by atoms with Crippen molar-refractivity contribution in [1.29, 1.82) is 0 Å². The van der Waals surface area contributed by atoms with Crippen LogP contribution in [0.4, 0.5) is 0 Å². The van der Waals surface area contributed by atoms with Gasteiger partial charge < -0.3 is 9.80 Å². The van der Waals surface area contributed by atoms with Crippen molar-refractivity contribution in [2.75, 3.05) is 27.7 Å². The standard InChI is InChI=1S/C10H22N2O/c1-9(12(5)10(2)13)7-6-8-11(3)4/h9H,6-8H2,1-5H3. The summed E-state index contributed by atoms with van der Waals surface area (Å²) in [6.07, 6.45) is 2.22. The van der Waals surface area contributed by atoms with E-state index >= 15 is 0 Å². The molecule has 0 N–H and O–H groups in total. The van der Waals surface area contributed by atoms with Gasteiger partial charge in [-0.25, -0.2) is 0 Å². The first-order chi connectivity index (χ1) is 5.95. The van der Waals surface area contributed by atoms with Crippen molar-refractivity contribution >= 4 is 5.91 Å². The molecule has 0 aliphatic heterocycles.